The lowest BCUT2D eigenvalue weighted by Crippen LogP contribution is -2.18. The van der Waals surface area contributed by atoms with Crippen molar-refractivity contribution in [2.24, 2.45) is 16.6 Å². The lowest BCUT2D eigenvalue weighted by molar-refractivity contribution is -0.112. The number of benzene rings is 3. The molecule has 1 fully saturated rings. The smallest absolute Gasteiger partial charge is 0.293 e. The largest absolute Gasteiger partial charge is 0.494 e. The van der Waals surface area contributed by atoms with Crippen LogP contribution in [0, 0.1) is 17.8 Å². The Morgan fingerprint density at radius 1 is 1.05 bits per heavy atom. The van der Waals surface area contributed by atoms with E-state index in [0.29, 0.717) is 17.7 Å². The van der Waals surface area contributed by atoms with Gasteiger partial charge in [-0.25, -0.2) is 4.99 Å². The predicted octanol–water partition coefficient (Wildman–Crippen LogP) is 5.31. The molecule has 192 valence electrons. The Kier molecular flexibility index (Phi) is 7.57. The molecule has 1 amide bonds. The molecule has 1 aromatic heterocycles. The molecule has 6 heteroatoms. The van der Waals surface area contributed by atoms with E-state index in [9.17, 15) is 9.90 Å². The van der Waals surface area contributed by atoms with Crippen molar-refractivity contribution >= 4 is 28.2 Å². The fourth-order valence-corrected chi connectivity index (χ4v) is 5.06. The van der Waals surface area contributed by atoms with Gasteiger partial charge < -0.3 is 15.8 Å². The van der Waals surface area contributed by atoms with Crippen LogP contribution in [0.15, 0.2) is 77.8 Å². The number of H-pyrrole nitrogens is 1. The summed E-state index contributed by atoms with van der Waals surface area (Å²) in [4.78, 5) is 21.6. The Morgan fingerprint density at radius 2 is 1.76 bits per heavy atom. The number of hydrogen-bond donors (Lipinski definition) is 3. The number of nitrogens with zero attached hydrogens (tertiary/aromatic N) is 2. The van der Waals surface area contributed by atoms with E-state index in [4.69, 9.17) is 10.7 Å². The maximum Gasteiger partial charge on any atom is 0.293 e. The molecule has 1 aliphatic rings. The lowest BCUT2D eigenvalue weighted by atomic mass is 9.97. The lowest BCUT2D eigenvalue weighted by Gasteiger charge is -2.14. The van der Waals surface area contributed by atoms with E-state index in [2.05, 4.69) is 33.9 Å². The van der Waals surface area contributed by atoms with Crippen molar-refractivity contribution in [3.8, 4) is 17.7 Å². The molecule has 2 heterocycles. The fourth-order valence-electron chi connectivity index (χ4n) is 5.06. The Balaban J connectivity index is 1.49. The van der Waals surface area contributed by atoms with E-state index in [1.807, 2.05) is 67.6 Å². The zero-order chi connectivity index (χ0) is 26.5. The number of aromatic amines is 1. The van der Waals surface area contributed by atoms with Gasteiger partial charge in [-0.3, -0.25) is 9.69 Å². The number of carbonyl (C=O) groups is 1. The first-order valence-electron chi connectivity index (χ1n) is 13.1. The minimum atomic E-state index is -0.625. The maximum atomic E-state index is 11.1. The highest BCUT2D eigenvalue weighted by atomic mass is 16.3. The van der Waals surface area contributed by atoms with Gasteiger partial charge in [0.2, 0.25) is 0 Å². The third-order valence-electron chi connectivity index (χ3n) is 6.89. The zero-order valence-electron chi connectivity index (χ0n) is 21.6. The Bertz CT molecular complexity index is 1520. The van der Waals surface area contributed by atoms with Crippen LogP contribution in [-0.2, 0) is 17.8 Å². The van der Waals surface area contributed by atoms with E-state index >= 15 is 0 Å². The van der Waals surface area contributed by atoms with Crippen LogP contribution in [0.1, 0.15) is 42.0 Å². The molecule has 4 aromatic rings. The van der Waals surface area contributed by atoms with Gasteiger partial charge in [0, 0.05) is 28.9 Å². The number of aromatic hydroxyl groups is 1. The van der Waals surface area contributed by atoms with Crippen molar-refractivity contribution in [1.82, 2.24) is 9.88 Å². The number of nitrogens with one attached hydrogen (secondary N) is 1. The van der Waals surface area contributed by atoms with Gasteiger partial charge in [0.1, 0.15) is 0 Å². The number of hydrogen-bond acceptors (Lipinski definition) is 4. The summed E-state index contributed by atoms with van der Waals surface area (Å²) in [5.41, 5.74) is 11.4. The second-order valence-electron chi connectivity index (χ2n) is 9.94. The first-order valence-corrected chi connectivity index (χ1v) is 13.1. The molecule has 1 saturated heterocycles. The maximum absolute atomic E-state index is 11.1. The third-order valence-corrected chi connectivity index (χ3v) is 6.89. The Hall–Kier alpha value is -4.34. The van der Waals surface area contributed by atoms with Crippen molar-refractivity contribution in [3.63, 3.8) is 0 Å². The molecule has 0 aliphatic carbocycles. The van der Waals surface area contributed by atoms with Crippen molar-refractivity contribution in [1.29, 1.82) is 0 Å². The molecule has 3 aromatic carbocycles. The molecule has 1 unspecified atom stereocenters. The average Bonchev–Trinajstić information content (AvgIpc) is 3.54. The number of primary amides is 1. The average molecular weight is 505 g/mol. The molecule has 6 nitrogen and oxygen atoms in total. The summed E-state index contributed by atoms with van der Waals surface area (Å²) in [5, 5.41) is 11.9. The fraction of sp³-hybridized carbons (Fsp3) is 0.250. The van der Waals surface area contributed by atoms with Gasteiger partial charge in [-0.2, -0.15) is 0 Å². The summed E-state index contributed by atoms with van der Waals surface area (Å²) < 4.78 is 0. The quantitative estimate of drug-likeness (QED) is 0.235. The Labute approximate surface area is 223 Å². The molecule has 1 atom stereocenters. The van der Waals surface area contributed by atoms with E-state index in [1.165, 1.54) is 31.5 Å². The van der Waals surface area contributed by atoms with Crippen LogP contribution in [0.2, 0.25) is 0 Å². The van der Waals surface area contributed by atoms with Crippen LogP contribution in [0.25, 0.3) is 10.9 Å². The van der Waals surface area contributed by atoms with Gasteiger partial charge >= 0.3 is 0 Å². The van der Waals surface area contributed by atoms with Gasteiger partial charge in [-0.1, -0.05) is 67.4 Å². The number of likely N-dealkylation sites (tertiary alicyclic amines) is 1. The van der Waals surface area contributed by atoms with Gasteiger partial charge in [0.25, 0.3) is 5.91 Å². The highest BCUT2D eigenvalue weighted by Crippen LogP contribution is 2.32. The van der Waals surface area contributed by atoms with Crippen LogP contribution < -0.4 is 5.73 Å². The molecule has 0 saturated carbocycles. The number of nitrogens with two attached hydrogens (primary N) is 1. The van der Waals surface area contributed by atoms with Gasteiger partial charge in [-0.15, -0.1) is 0 Å². The number of carbonyl (C=O) groups excluding carboxylic acids is 1. The highest BCUT2D eigenvalue weighted by Gasteiger charge is 2.19. The van der Waals surface area contributed by atoms with Crippen LogP contribution in [0.3, 0.4) is 0 Å². The van der Waals surface area contributed by atoms with Gasteiger partial charge in [0.15, 0.2) is 5.88 Å². The summed E-state index contributed by atoms with van der Waals surface area (Å²) in [6.07, 6.45) is 3.22. The van der Waals surface area contributed by atoms with Crippen molar-refractivity contribution < 1.29 is 9.90 Å². The first-order chi connectivity index (χ1) is 18.5. The summed E-state index contributed by atoms with van der Waals surface area (Å²) in [7, 11) is 0. The third kappa shape index (κ3) is 5.96. The monoisotopic (exact) mass is 504 g/mol. The predicted molar refractivity (Wildman–Crippen MR) is 152 cm³/mol. The number of rotatable bonds is 7. The second kappa shape index (κ2) is 11.4. The minimum Gasteiger partial charge on any atom is -0.494 e. The van der Waals surface area contributed by atoms with E-state index in [1.54, 1.807) is 0 Å². The molecule has 5 rings (SSSR count). The molecular weight excluding hydrogens is 472 g/mol. The van der Waals surface area contributed by atoms with Gasteiger partial charge in [0.05, 0.1) is 17.0 Å². The van der Waals surface area contributed by atoms with Crippen LogP contribution in [0.5, 0.6) is 5.88 Å². The molecule has 0 radical (unpaired) electrons. The number of aromatic nitrogens is 1. The second-order valence-corrected chi connectivity index (χ2v) is 9.94. The van der Waals surface area contributed by atoms with Crippen LogP contribution in [0.4, 0.5) is 5.69 Å². The summed E-state index contributed by atoms with van der Waals surface area (Å²) >= 11 is 0. The van der Waals surface area contributed by atoms with Crippen LogP contribution >= 0.6 is 0 Å². The van der Waals surface area contributed by atoms with Crippen LogP contribution in [-0.4, -0.2) is 39.7 Å². The number of aliphatic imine (C=N–C) groups is 1. The van der Waals surface area contributed by atoms with E-state index < -0.39 is 5.91 Å². The summed E-state index contributed by atoms with van der Waals surface area (Å²) in [6, 6.07) is 24.4. The minimum absolute atomic E-state index is 0.0298. The first kappa shape index (κ1) is 25.3. The van der Waals surface area contributed by atoms with Crippen molar-refractivity contribution in [3.05, 3.63) is 95.1 Å². The van der Waals surface area contributed by atoms with E-state index in [-0.39, 0.29) is 11.8 Å². The highest BCUT2D eigenvalue weighted by molar-refractivity contribution is 6.21. The SMILES string of the molecule is CC(C#CC(N)=O)Cc1ccc2c(C(=Nc3ccc(CN4CCCC4)cc3)c3ccccc3)c(O)[nH]c2c1. The normalized spacial score (nSPS) is 14.8. The zero-order valence-corrected chi connectivity index (χ0v) is 21.6. The number of amides is 1. The molecule has 38 heavy (non-hydrogen) atoms. The Morgan fingerprint density at radius 3 is 2.47 bits per heavy atom. The molecular formula is C32H32N4O2. The molecule has 0 bridgehead atoms. The number of fused-ring (bicyclic) bond motifs is 1. The topological polar surface area (TPSA) is 94.7 Å². The summed E-state index contributed by atoms with van der Waals surface area (Å²) in [5.74, 6) is 4.72. The molecule has 1 aliphatic heterocycles. The standard InChI is InChI=1S/C32H32N4O2/c1-22(9-16-29(33)37)19-24-12-15-27-28(20-24)35-32(38)30(27)31(25-7-3-2-4-8-25)34-26-13-10-23(11-14-26)21-36-17-5-6-18-36/h2-4,7-8,10-15,20,22,35,38H,5-6,17-19,21H2,1H3,(H2,33,37). The molecule has 4 N–H and O–H groups in total. The van der Waals surface area contributed by atoms with Crippen molar-refractivity contribution in [2.45, 2.75) is 32.7 Å². The van der Waals surface area contributed by atoms with Gasteiger partial charge in [-0.05, 0) is 67.6 Å². The van der Waals surface area contributed by atoms with Crippen molar-refractivity contribution in [2.75, 3.05) is 13.1 Å². The molecule has 0 spiro atoms. The van der Waals surface area contributed by atoms with E-state index in [0.717, 1.165) is 34.3 Å². The summed E-state index contributed by atoms with van der Waals surface area (Å²) in [6.45, 7) is 5.25.